The van der Waals surface area contributed by atoms with Crippen LogP contribution in [0.4, 0.5) is 0 Å². The molecule has 0 aromatic heterocycles. The minimum Gasteiger partial charge on any atom is -0.309 e. The van der Waals surface area contributed by atoms with Crippen LogP contribution < -0.4 is 0 Å². The van der Waals surface area contributed by atoms with Crippen LogP contribution >= 0.6 is 0 Å². The fourth-order valence-electron chi connectivity index (χ4n) is 1.22. The number of hydrogen-bond acceptors (Lipinski definition) is 2. The van der Waals surface area contributed by atoms with E-state index in [2.05, 4.69) is 36.9 Å². The average Bonchev–Trinajstić information content (AvgIpc) is 2.04. The lowest BCUT2D eigenvalue weighted by molar-refractivity contribution is 0.298. The van der Waals surface area contributed by atoms with E-state index < -0.39 is 0 Å². The molecule has 0 heterocycles. The number of unbranched alkanes of at least 4 members (excludes halogenated alkanes) is 1. The van der Waals surface area contributed by atoms with Gasteiger partial charge in [-0.15, -0.1) is 12.3 Å². The molecule has 0 aliphatic heterocycles. The first-order valence-electron chi connectivity index (χ1n) is 4.93. The summed E-state index contributed by atoms with van der Waals surface area (Å²) in [4.78, 5) is 4.57. The molecule has 0 unspecified atom stereocenters. The third-order valence-corrected chi connectivity index (χ3v) is 2.01. The van der Waals surface area contributed by atoms with Gasteiger partial charge in [-0.3, -0.25) is 0 Å². The van der Waals surface area contributed by atoms with Crippen LogP contribution in [-0.4, -0.2) is 50.6 Å². The SMILES string of the molecule is C#CCCCN(C)CCCN(C)C. The van der Waals surface area contributed by atoms with Crippen LogP contribution in [0.3, 0.4) is 0 Å². The van der Waals surface area contributed by atoms with Crippen LogP contribution in [0.1, 0.15) is 19.3 Å². The number of terminal acetylenes is 1. The van der Waals surface area contributed by atoms with Gasteiger partial charge >= 0.3 is 0 Å². The molecule has 0 N–H and O–H groups in total. The van der Waals surface area contributed by atoms with Crippen molar-refractivity contribution in [2.24, 2.45) is 0 Å². The third-order valence-electron chi connectivity index (χ3n) is 2.01. The van der Waals surface area contributed by atoms with Crippen LogP contribution in [0, 0.1) is 12.3 Å². The molecule has 2 heteroatoms. The summed E-state index contributed by atoms with van der Waals surface area (Å²) in [6.07, 6.45) is 8.44. The Kier molecular flexibility index (Phi) is 7.77. The molecule has 2 nitrogen and oxygen atoms in total. The van der Waals surface area contributed by atoms with Gasteiger partial charge in [-0.05, 0) is 53.6 Å². The highest BCUT2D eigenvalue weighted by Crippen LogP contribution is 1.93. The number of hydrogen-bond donors (Lipinski definition) is 0. The van der Waals surface area contributed by atoms with Crippen LogP contribution in [0.25, 0.3) is 0 Å². The van der Waals surface area contributed by atoms with Crippen molar-refractivity contribution in [2.45, 2.75) is 19.3 Å². The third kappa shape index (κ3) is 9.39. The summed E-state index contributed by atoms with van der Waals surface area (Å²) in [5.41, 5.74) is 0. The van der Waals surface area contributed by atoms with E-state index in [1.54, 1.807) is 0 Å². The molecular formula is C11H22N2. The van der Waals surface area contributed by atoms with E-state index >= 15 is 0 Å². The number of nitrogens with zero attached hydrogens (tertiary/aromatic N) is 2. The fraction of sp³-hybridized carbons (Fsp3) is 0.818. The maximum atomic E-state index is 5.18. The minimum absolute atomic E-state index is 0.901. The van der Waals surface area contributed by atoms with Gasteiger partial charge in [0.25, 0.3) is 0 Å². The molecule has 0 aliphatic carbocycles. The van der Waals surface area contributed by atoms with Gasteiger partial charge in [0.1, 0.15) is 0 Å². The van der Waals surface area contributed by atoms with E-state index in [1.165, 1.54) is 19.5 Å². The minimum atomic E-state index is 0.901. The molecule has 0 spiro atoms. The Balaban J connectivity index is 3.21. The van der Waals surface area contributed by atoms with Gasteiger partial charge in [0.05, 0.1) is 0 Å². The molecule has 0 aliphatic rings. The summed E-state index contributed by atoms with van der Waals surface area (Å²) in [7, 11) is 6.38. The van der Waals surface area contributed by atoms with Crippen molar-refractivity contribution in [2.75, 3.05) is 40.8 Å². The molecule has 0 rings (SSSR count). The monoisotopic (exact) mass is 182 g/mol. The van der Waals surface area contributed by atoms with Gasteiger partial charge in [-0.25, -0.2) is 0 Å². The summed E-state index contributed by atoms with van der Waals surface area (Å²) in [5.74, 6) is 2.66. The van der Waals surface area contributed by atoms with Gasteiger partial charge in [-0.1, -0.05) is 0 Å². The molecule has 0 aromatic carbocycles. The smallest absolute Gasteiger partial charge is 0.00982 e. The second-order valence-corrected chi connectivity index (χ2v) is 3.77. The van der Waals surface area contributed by atoms with Crippen LogP contribution in [-0.2, 0) is 0 Å². The van der Waals surface area contributed by atoms with Gasteiger partial charge in [0.15, 0.2) is 0 Å². The molecule has 0 amide bonds. The summed E-state index contributed by atoms with van der Waals surface area (Å²) >= 11 is 0. The van der Waals surface area contributed by atoms with Crippen molar-refractivity contribution in [1.29, 1.82) is 0 Å². The van der Waals surface area contributed by atoms with Crippen molar-refractivity contribution < 1.29 is 0 Å². The summed E-state index contributed by atoms with van der Waals surface area (Å²) in [5, 5.41) is 0. The van der Waals surface area contributed by atoms with E-state index in [4.69, 9.17) is 6.42 Å². The standard InChI is InChI=1S/C11H22N2/c1-5-6-7-10-13(4)11-8-9-12(2)3/h1H,6-11H2,2-4H3. The lowest BCUT2D eigenvalue weighted by Gasteiger charge is -2.17. The summed E-state index contributed by atoms with van der Waals surface area (Å²) in [6, 6.07) is 0. The zero-order valence-corrected chi connectivity index (χ0v) is 9.21. The highest BCUT2D eigenvalue weighted by molar-refractivity contribution is 4.83. The molecule has 76 valence electrons. The molecule has 0 saturated carbocycles. The maximum absolute atomic E-state index is 5.18. The van der Waals surface area contributed by atoms with Crippen molar-refractivity contribution >= 4 is 0 Å². The first-order chi connectivity index (χ1) is 6.16. The van der Waals surface area contributed by atoms with Gasteiger partial charge in [0.2, 0.25) is 0 Å². The van der Waals surface area contributed by atoms with Crippen LogP contribution in [0.15, 0.2) is 0 Å². The molecule has 13 heavy (non-hydrogen) atoms. The Labute approximate surface area is 82.9 Å². The van der Waals surface area contributed by atoms with E-state index in [-0.39, 0.29) is 0 Å². The lowest BCUT2D eigenvalue weighted by atomic mass is 10.3. The highest BCUT2D eigenvalue weighted by atomic mass is 15.1. The van der Waals surface area contributed by atoms with Crippen molar-refractivity contribution in [3.8, 4) is 12.3 Å². The Morgan fingerprint density at radius 2 is 1.62 bits per heavy atom. The zero-order chi connectivity index (χ0) is 10.1. The normalized spacial score (nSPS) is 10.8. The summed E-state index contributed by atoms with van der Waals surface area (Å²) < 4.78 is 0. The van der Waals surface area contributed by atoms with E-state index in [1.807, 2.05) is 0 Å². The predicted molar refractivity (Wildman–Crippen MR) is 58.7 cm³/mol. The quantitative estimate of drug-likeness (QED) is 0.432. The Bertz CT molecular complexity index is 147. The second kappa shape index (κ2) is 8.10. The Hall–Kier alpha value is -0.520. The molecular weight excluding hydrogens is 160 g/mol. The molecule has 0 fully saturated rings. The second-order valence-electron chi connectivity index (χ2n) is 3.77. The Morgan fingerprint density at radius 1 is 1.00 bits per heavy atom. The molecule has 0 atom stereocenters. The largest absolute Gasteiger partial charge is 0.309 e. The summed E-state index contributed by atoms with van der Waals surface area (Å²) in [6.45, 7) is 3.46. The topological polar surface area (TPSA) is 6.48 Å². The first kappa shape index (κ1) is 12.5. The number of rotatable bonds is 7. The Morgan fingerprint density at radius 3 is 2.15 bits per heavy atom. The van der Waals surface area contributed by atoms with Crippen molar-refractivity contribution in [3.05, 3.63) is 0 Å². The van der Waals surface area contributed by atoms with Crippen LogP contribution in [0.5, 0.6) is 0 Å². The molecule has 0 saturated heterocycles. The van der Waals surface area contributed by atoms with Crippen LogP contribution in [0.2, 0.25) is 0 Å². The first-order valence-corrected chi connectivity index (χ1v) is 4.93. The average molecular weight is 182 g/mol. The molecule has 0 aromatic rings. The van der Waals surface area contributed by atoms with Crippen molar-refractivity contribution in [3.63, 3.8) is 0 Å². The van der Waals surface area contributed by atoms with Gasteiger partial charge in [0, 0.05) is 6.42 Å². The lowest BCUT2D eigenvalue weighted by Crippen LogP contribution is -2.24. The van der Waals surface area contributed by atoms with Gasteiger partial charge < -0.3 is 9.80 Å². The maximum Gasteiger partial charge on any atom is 0.00982 e. The predicted octanol–water partition coefficient (Wildman–Crippen LogP) is 1.28. The zero-order valence-electron chi connectivity index (χ0n) is 9.21. The van der Waals surface area contributed by atoms with E-state index in [0.717, 1.165) is 19.4 Å². The molecule has 0 bridgehead atoms. The fourth-order valence-corrected chi connectivity index (χ4v) is 1.22. The highest BCUT2D eigenvalue weighted by Gasteiger charge is 1.97. The van der Waals surface area contributed by atoms with Crippen molar-refractivity contribution in [1.82, 2.24) is 9.80 Å². The van der Waals surface area contributed by atoms with E-state index in [0.29, 0.717) is 0 Å². The van der Waals surface area contributed by atoms with Gasteiger partial charge in [-0.2, -0.15) is 0 Å². The van der Waals surface area contributed by atoms with E-state index in [9.17, 15) is 0 Å². The molecule has 0 radical (unpaired) electrons.